The first-order chi connectivity index (χ1) is 12.3. The summed E-state index contributed by atoms with van der Waals surface area (Å²) >= 11 is 0. The zero-order chi connectivity index (χ0) is 18.8. The molecule has 0 spiro atoms. The molecule has 0 saturated heterocycles. The summed E-state index contributed by atoms with van der Waals surface area (Å²) in [4.78, 5) is 2.22. The minimum atomic E-state index is 0.620. The Morgan fingerprint density at radius 3 is 2.32 bits per heavy atom. The first kappa shape index (κ1) is 24.0. The summed E-state index contributed by atoms with van der Waals surface area (Å²) in [6.07, 6.45) is 3.77. The van der Waals surface area contributed by atoms with Crippen LogP contribution in [0.25, 0.3) is 0 Å². The molecule has 1 heterocycles. The van der Waals surface area contributed by atoms with Gasteiger partial charge in [0.25, 0.3) is 0 Å². The van der Waals surface area contributed by atoms with E-state index in [0.717, 1.165) is 51.4 Å². The second-order valence-electron chi connectivity index (χ2n) is 5.46. The van der Waals surface area contributed by atoms with Gasteiger partial charge in [-0.05, 0) is 20.0 Å². The molecule has 7 nitrogen and oxygen atoms in total. The molecular formula is C18H38N4O3. The lowest BCUT2D eigenvalue weighted by Crippen LogP contribution is -2.23. The summed E-state index contributed by atoms with van der Waals surface area (Å²) in [5, 5.41) is 8.21. The Balaban J connectivity index is 0.00000277. The first-order valence-corrected chi connectivity index (χ1v) is 9.57. The van der Waals surface area contributed by atoms with Gasteiger partial charge in [-0.2, -0.15) is 0 Å². The van der Waals surface area contributed by atoms with Gasteiger partial charge < -0.3 is 19.1 Å². The van der Waals surface area contributed by atoms with Crippen molar-refractivity contribution in [1.82, 2.24) is 19.9 Å². The number of hydrogen-bond donors (Lipinski definition) is 0. The first-order valence-electron chi connectivity index (χ1n) is 9.57. The number of nitrogens with zero attached hydrogens (tertiary/aromatic N) is 4. The standard InChI is InChI=1S/C16H32N4O3.C2H6/c1-4-9-21-12-8-20-15-16(17-18-20)6-10-22-13-14-23-11-7-19(3)5-2;1-2/h15H,4-14H2,1-3H3;1-2H3. The zero-order valence-corrected chi connectivity index (χ0v) is 16.9. The van der Waals surface area contributed by atoms with Crippen molar-refractivity contribution in [3.8, 4) is 0 Å². The maximum absolute atomic E-state index is 5.55. The van der Waals surface area contributed by atoms with Crippen LogP contribution in [0.5, 0.6) is 0 Å². The van der Waals surface area contributed by atoms with E-state index >= 15 is 0 Å². The van der Waals surface area contributed by atoms with Crippen LogP contribution in [-0.2, 0) is 27.2 Å². The third kappa shape index (κ3) is 13.9. The largest absolute Gasteiger partial charge is 0.380 e. The minimum Gasteiger partial charge on any atom is -0.380 e. The van der Waals surface area contributed by atoms with E-state index in [1.165, 1.54) is 0 Å². The van der Waals surface area contributed by atoms with Gasteiger partial charge in [0.15, 0.2) is 0 Å². The second kappa shape index (κ2) is 17.8. The van der Waals surface area contributed by atoms with Crippen molar-refractivity contribution in [1.29, 1.82) is 0 Å². The van der Waals surface area contributed by atoms with E-state index < -0.39 is 0 Å². The Kier molecular flexibility index (Phi) is 17.1. The average Bonchev–Trinajstić information content (AvgIpc) is 3.10. The van der Waals surface area contributed by atoms with E-state index in [1.54, 1.807) is 0 Å². The highest BCUT2D eigenvalue weighted by Gasteiger charge is 2.01. The molecule has 0 radical (unpaired) electrons. The van der Waals surface area contributed by atoms with Crippen molar-refractivity contribution >= 4 is 0 Å². The molecule has 0 aliphatic carbocycles. The van der Waals surface area contributed by atoms with Crippen LogP contribution >= 0.6 is 0 Å². The molecule has 0 atom stereocenters. The summed E-state index contributed by atoms with van der Waals surface area (Å²) in [6.45, 7) is 15.1. The summed E-state index contributed by atoms with van der Waals surface area (Å²) in [7, 11) is 2.09. The monoisotopic (exact) mass is 358 g/mol. The van der Waals surface area contributed by atoms with Gasteiger partial charge in [-0.15, -0.1) is 5.10 Å². The Hall–Kier alpha value is -1.02. The lowest BCUT2D eigenvalue weighted by Gasteiger charge is -2.13. The molecule has 0 saturated carbocycles. The van der Waals surface area contributed by atoms with Crippen molar-refractivity contribution in [2.75, 3.05) is 59.8 Å². The number of ether oxygens (including phenoxy) is 3. The second-order valence-corrected chi connectivity index (χ2v) is 5.46. The van der Waals surface area contributed by atoms with Gasteiger partial charge in [-0.3, -0.25) is 0 Å². The average molecular weight is 359 g/mol. The van der Waals surface area contributed by atoms with Crippen LogP contribution in [0.2, 0.25) is 0 Å². The van der Waals surface area contributed by atoms with Gasteiger partial charge in [0.05, 0.1) is 45.3 Å². The summed E-state index contributed by atoms with van der Waals surface area (Å²) in [5.41, 5.74) is 0.950. The van der Waals surface area contributed by atoms with Crippen LogP contribution in [0.1, 0.15) is 39.8 Å². The lowest BCUT2D eigenvalue weighted by atomic mass is 10.3. The molecule has 0 bridgehead atoms. The van der Waals surface area contributed by atoms with Crippen molar-refractivity contribution in [2.24, 2.45) is 0 Å². The van der Waals surface area contributed by atoms with Gasteiger partial charge >= 0.3 is 0 Å². The fourth-order valence-electron chi connectivity index (χ4n) is 1.84. The molecule has 0 unspecified atom stereocenters. The fraction of sp³-hybridized carbons (Fsp3) is 0.889. The normalized spacial score (nSPS) is 10.8. The maximum Gasteiger partial charge on any atom is 0.0850 e. The molecule has 25 heavy (non-hydrogen) atoms. The lowest BCUT2D eigenvalue weighted by molar-refractivity contribution is 0.0421. The minimum absolute atomic E-state index is 0.620. The third-order valence-corrected chi connectivity index (χ3v) is 3.43. The van der Waals surface area contributed by atoms with E-state index in [2.05, 4.69) is 36.1 Å². The van der Waals surface area contributed by atoms with Gasteiger partial charge in [0, 0.05) is 25.8 Å². The number of aromatic nitrogens is 3. The van der Waals surface area contributed by atoms with E-state index in [1.807, 2.05) is 24.7 Å². The Bertz CT molecular complexity index is 388. The fourth-order valence-corrected chi connectivity index (χ4v) is 1.84. The van der Waals surface area contributed by atoms with E-state index in [0.29, 0.717) is 26.4 Å². The number of rotatable bonds is 15. The molecule has 1 aromatic heterocycles. The van der Waals surface area contributed by atoms with Crippen LogP contribution in [0.4, 0.5) is 0 Å². The molecule has 1 rings (SSSR count). The predicted octanol–water partition coefficient (Wildman–Crippen LogP) is 2.26. The SMILES string of the molecule is CC.CCCOCCn1cc(CCOCCOCCN(C)CC)nn1. The molecule has 0 fully saturated rings. The van der Waals surface area contributed by atoms with E-state index in [9.17, 15) is 0 Å². The van der Waals surface area contributed by atoms with Gasteiger partial charge in [0.1, 0.15) is 0 Å². The third-order valence-electron chi connectivity index (χ3n) is 3.43. The zero-order valence-electron chi connectivity index (χ0n) is 16.9. The Morgan fingerprint density at radius 1 is 0.960 bits per heavy atom. The predicted molar refractivity (Wildman–Crippen MR) is 101 cm³/mol. The highest BCUT2D eigenvalue weighted by molar-refractivity contribution is 4.92. The molecule has 0 N–H and O–H groups in total. The number of likely N-dealkylation sites (N-methyl/N-ethyl adjacent to an activating group) is 1. The quantitative estimate of drug-likeness (QED) is 0.448. The molecule has 148 valence electrons. The summed E-state index contributed by atoms with van der Waals surface area (Å²) in [6, 6.07) is 0. The van der Waals surface area contributed by atoms with Crippen LogP contribution < -0.4 is 0 Å². The van der Waals surface area contributed by atoms with Crippen LogP contribution in [-0.4, -0.2) is 79.7 Å². The number of hydrogen-bond acceptors (Lipinski definition) is 6. The molecule has 7 heteroatoms. The summed E-state index contributed by atoms with van der Waals surface area (Å²) < 4.78 is 18.3. The van der Waals surface area contributed by atoms with Crippen molar-refractivity contribution in [3.63, 3.8) is 0 Å². The van der Waals surface area contributed by atoms with Crippen LogP contribution in [0.15, 0.2) is 6.20 Å². The molecule has 0 amide bonds. The van der Waals surface area contributed by atoms with Crippen molar-refractivity contribution in [2.45, 2.75) is 47.1 Å². The molecular weight excluding hydrogens is 320 g/mol. The molecule has 0 aliphatic rings. The van der Waals surface area contributed by atoms with Crippen molar-refractivity contribution < 1.29 is 14.2 Å². The highest BCUT2D eigenvalue weighted by Crippen LogP contribution is 1.96. The van der Waals surface area contributed by atoms with Crippen LogP contribution in [0, 0.1) is 0 Å². The van der Waals surface area contributed by atoms with E-state index in [-0.39, 0.29) is 0 Å². The van der Waals surface area contributed by atoms with Gasteiger partial charge in [-0.1, -0.05) is 32.9 Å². The van der Waals surface area contributed by atoms with Gasteiger partial charge in [0.2, 0.25) is 0 Å². The summed E-state index contributed by atoms with van der Waals surface area (Å²) in [5.74, 6) is 0. The van der Waals surface area contributed by atoms with Gasteiger partial charge in [-0.25, -0.2) is 4.68 Å². The van der Waals surface area contributed by atoms with Crippen molar-refractivity contribution in [3.05, 3.63) is 11.9 Å². The van der Waals surface area contributed by atoms with E-state index in [4.69, 9.17) is 14.2 Å². The molecule has 1 aromatic rings. The molecule has 0 aromatic carbocycles. The topological polar surface area (TPSA) is 61.6 Å². The maximum atomic E-state index is 5.55. The Labute approximate surface area is 153 Å². The smallest absolute Gasteiger partial charge is 0.0850 e. The highest BCUT2D eigenvalue weighted by atomic mass is 16.5. The molecule has 0 aliphatic heterocycles. The Morgan fingerprint density at radius 2 is 1.64 bits per heavy atom. The van der Waals surface area contributed by atoms with Crippen LogP contribution in [0.3, 0.4) is 0 Å².